The number of rotatable bonds is 4. The van der Waals surface area contributed by atoms with Crippen LogP contribution in [0.3, 0.4) is 0 Å². The van der Waals surface area contributed by atoms with Crippen LogP contribution in [0.2, 0.25) is 0 Å². The third kappa shape index (κ3) is 3.19. The molecule has 0 bridgehead atoms. The molecule has 6 heteroatoms. The van der Waals surface area contributed by atoms with Crippen LogP contribution in [0.4, 0.5) is 0 Å². The summed E-state index contributed by atoms with van der Waals surface area (Å²) in [5.41, 5.74) is 0.438. The Morgan fingerprint density at radius 2 is 2.20 bits per heavy atom. The van der Waals surface area contributed by atoms with E-state index in [4.69, 9.17) is 13.9 Å². The Bertz CT molecular complexity index is 482. The van der Waals surface area contributed by atoms with Gasteiger partial charge in [-0.25, -0.2) is 4.79 Å². The van der Waals surface area contributed by atoms with Crippen LogP contribution in [0, 0.1) is 5.92 Å². The minimum absolute atomic E-state index is 0.106. The number of furan rings is 1. The highest BCUT2D eigenvalue weighted by Crippen LogP contribution is 2.21. The van der Waals surface area contributed by atoms with Crippen LogP contribution < -0.4 is 0 Å². The highest BCUT2D eigenvalue weighted by atomic mass is 16.5. The average Bonchev–Trinajstić information content (AvgIpc) is 2.94. The minimum atomic E-state index is -0.407. The van der Waals surface area contributed by atoms with E-state index in [1.54, 1.807) is 6.07 Å². The molecular weight excluding hydrogens is 262 g/mol. The van der Waals surface area contributed by atoms with Gasteiger partial charge in [0.05, 0.1) is 32.9 Å². The largest absolute Gasteiger partial charge is 0.469 e. The average molecular weight is 281 g/mol. The van der Waals surface area contributed by atoms with Crippen molar-refractivity contribution in [1.29, 1.82) is 0 Å². The van der Waals surface area contributed by atoms with E-state index in [0.29, 0.717) is 24.4 Å². The van der Waals surface area contributed by atoms with E-state index in [1.165, 1.54) is 20.5 Å². The van der Waals surface area contributed by atoms with Gasteiger partial charge in [-0.05, 0) is 25.5 Å². The molecular formula is C14H19NO5. The molecule has 1 aliphatic rings. The number of hydrogen-bond donors (Lipinski definition) is 0. The number of piperidine rings is 1. The van der Waals surface area contributed by atoms with Gasteiger partial charge in [-0.2, -0.15) is 0 Å². The molecule has 2 heterocycles. The van der Waals surface area contributed by atoms with Crippen LogP contribution in [-0.2, 0) is 20.8 Å². The van der Waals surface area contributed by atoms with Crippen molar-refractivity contribution in [3.8, 4) is 0 Å². The van der Waals surface area contributed by atoms with Gasteiger partial charge in [-0.3, -0.25) is 9.69 Å². The zero-order valence-electron chi connectivity index (χ0n) is 11.8. The predicted octanol–water partition coefficient (Wildman–Crippen LogP) is 1.45. The van der Waals surface area contributed by atoms with Gasteiger partial charge in [0.2, 0.25) is 0 Å². The molecule has 1 saturated heterocycles. The fraction of sp³-hybridized carbons (Fsp3) is 0.571. The normalized spacial score (nSPS) is 19.6. The van der Waals surface area contributed by atoms with Crippen molar-refractivity contribution in [3.05, 3.63) is 23.7 Å². The van der Waals surface area contributed by atoms with Crippen molar-refractivity contribution >= 4 is 11.9 Å². The van der Waals surface area contributed by atoms with E-state index in [9.17, 15) is 9.59 Å². The van der Waals surface area contributed by atoms with Crippen LogP contribution in [0.1, 0.15) is 29.0 Å². The lowest BCUT2D eigenvalue weighted by Crippen LogP contribution is -2.38. The Morgan fingerprint density at radius 3 is 2.90 bits per heavy atom. The van der Waals surface area contributed by atoms with Gasteiger partial charge < -0.3 is 13.9 Å². The van der Waals surface area contributed by atoms with Gasteiger partial charge >= 0.3 is 11.9 Å². The first-order valence-electron chi connectivity index (χ1n) is 6.60. The second kappa shape index (κ2) is 6.56. The van der Waals surface area contributed by atoms with Crippen molar-refractivity contribution in [2.75, 3.05) is 27.3 Å². The van der Waals surface area contributed by atoms with Crippen LogP contribution in [0.15, 0.2) is 16.7 Å². The second-order valence-corrected chi connectivity index (χ2v) is 4.85. The molecule has 0 radical (unpaired) electrons. The molecule has 0 saturated carbocycles. The van der Waals surface area contributed by atoms with E-state index in [0.717, 1.165) is 19.4 Å². The van der Waals surface area contributed by atoms with E-state index < -0.39 is 5.97 Å². The summed E-state index contributed by atoms with van der Waals surface area (Å²) in [7, 11) is 2.75. The SMILES string of the molecule is COC(=O)c1ccoc1CN1CCCC(C(=O)OC)C1. The molecule has 1 aromatic heterocycles. The van der Waals surface area contributed by atoms with Gasteiger partial charge in [0, 0.05) is 6.54 Å². The molecule has 0 aromatic carbocycles. The molecule has 1 fully saturated rings. The summed E-state index contributed by atoms with van der Waals surface area (Å²) < 4.78 is 14.9. The zero-order valence-corrected chi connectivity index (χ0v) is 11.8. The Hall–Kier alpha value is -1.82. The van der Waals surface area contributed by atoms with E-state index in [2.05, 4.69) is 4.90 Å². The fourth-order valence-corrected chi connectivity index (χ4v) is 2.52. The van der Waals surface area contributed by atoms with Gasteiger partial charge in [0.25, 0.3) is 0 Å². The van der Waals surface area contributed by atoms with E-state index in [-0.39, 0.29) is 11.9 Å². The number of methoxy groups -OCH3 is 2. The van der Waals surface area contributed by atoms with Gasteiger partial charge in [-0.1, -0.05) is 0 Å². The summed E-state index contributed by atoms with van der Waals surface area (Å²) in [6.07, 6.45) is 3.24. The third-order valence-corrected chi connectivity index (χ3v) is 3.56. The Balaban J connectivity index is 2.01. The molecule has 1 aromatic rings. The van der Waals surface area contributed by atoms with Crippen LogP contribution in [0.5, 0.6) is 0 Å². The van der Waals surface area contributed by atoms with Crippen molar-refractivity contribution in [2.45, 2.75) is 19.4 Å². The summed E-state index contributed by atoms with van der Waals surface area (Å²) in [5, 5.41) is 0. The number of ether oxygens (including phenoxy) is 2. The van der Waals surface area contributed by atoms with Crippen molar-refractivity contribution in [3.63, 3.8) is 0 Å². The fourth-order valence-electron chi connectivity index (χ4n) is 2.52. The molecule has 20 heavy (non-hydrogen) atoms. The van der Waals surface area contributed by atoms with Crippen LogP contribution >= 0.6 is 0 Å². The number of carbonyl (C=O) groups is 2. The molecule has 0 spiro atoms. The highest BCUT2D eigenvalue weighted by molar-refractivity contribution is 5.90. The first-order valence-corrected chi connectivity index (χ1v) is 6.60. The smallest absolute Gasteiger partial charge is 0.341 e. The topological polar surface area (TPSA) is 69.0 Å². The molecule has 2 rings (SSSR count). The lowest BCUT2D eigenvalue weighted by Gasteiger charge is -2.30. The zero-order chi connectivity index (χ0) is 14.5. The number of hydrogen-bond acceptors (Lipinski definition) is 6. The Morgan fingerprint density at radius 1 is 1.40 bits per heavy atom. The standard InChI is InChI=1S/C14H19NO5/c1-18-13(16)10-4-3-6-15(8-10)9-12-11(5-7-20-12)14(17)19-2/h5,7,10H,3-4,6,8-9H2,1-2H3. The molecule has 0 N–H and O–H groups in total. The van der Waals surface area contributed by atoms with Crippen LogP contribution in [-0.4, -0.2) is 44.1 Å². The predicted molar refractivity (Wildman–Crippen MR) is 70.1 cm³/mol. The van der Waals surface area contributed by atoms with E-state index in [1.807, 2.05) is 0 Å². The first-order chi connectivity index (χ1) is 9.65. The Labute approximate surface area is 117 Å². The Kier molecular flexibility index (Phi) is 4.79. The minimum Gasteiger partial charge on any atom is -0.469 e. The molecule has 110 valence electrons. The molecule has 0 amide bonds. The monoisotopic (exact) mass is 281 g/mol. The van der Waals surface area contributed by atoms with Crippen molar-refractivity contribution < 1.29 is 23.5 Å². The molecule has 1 aliphatic heterocycles. The summed E-state index contributed by atoms with van der Waals surface area (Å²) >= 11 is 0. The molecule has 1 unspecified atom stereocenters. The lowest BCUT2D eigenvalue weighted by molar-refractivity contribution is -0.147. The van der Waals surface area contributed by atoms with Crippen molar-refractivity contribution in [2.24, 2.45) is 5.92 Å². The summed E-state index contributed by atoms with van der Waals surface area (Å²) in [5.74, 6) is -0.120. The summed E-state index contributed by atoms with van der Waals surface area (Å²) in [6.45, 7) is 1.98. The summed E-state index contributed by atoms with van der Waals surface area (Å²) in [4.78, 5) is 25.3. The number of esters is 2. The number of carbonyl (C=O) groups excluding carboxylic acids is 2. The van der Waals surface area contributed by atoms with Gasteiger partial charge in [0.15, 0.2) is 0 Å². The number of likely N-dealkylation sites (tertiary alicyclic amines) is 1. The lowest BCUT2D eigenvalue weighted by atomic mass is 9.98. The molecule has 0 aliphatic carbocycles. The van der Waals surface area contributed by atoms with Crippen molar-refractivity contribution in [1.82, 2.24) is 4.90 Å². The first kappa shape index (κ1) is 14.6. The highest BCUT2D eigenvalue weighted by Gasteiger charge is 2.28. The second-order valence-electron chi connectivity index (χ2n) is 4.85. The third-order valence-electron chi connectivity index (χ3n) is 3.56. The quantitative estimate of drug-likeness (QED) is 0.778. The summed E-state index contributed by atoms with van der Waals surface area (Å²) in [6, 6.07) is 1.60. The van der Waals surface area contributed by atoms with Gasteiger partial charge in [-0.15, -0.1) is 0 Å². The molecule has 6 nitrogen and oxygen atoms in total. The van der Waals surface area contributed by atoms with Gasteiger partial charge in [0.1, 0.15) is 11.3 Å². The maximum Gasteiger partial charge on any atom is 0.341 e. The number of nitrogens with zero attached hydrogens (tertiary/aromatic N) is 1. The van der Waals surface area contributed by atoms with Crippen LogP contribution in [0.25, 0.3) is 0 Å². The molecule has 1 atom stereocenters. The maximum absolute atomic E-state index is 11.6. The maximum atomic E-state index is 11.6. The van der Waals surface area contributed by atoms with E-state index >= 15 is 0 Å².